The van der Waals surface area contributed by atoms with Gasteiger partial charge in [-0.15, -0.1) is 0 Å². The minimum Gasteiger partial charge on any atom is -0.393 e. The van der Waals surface area contributed by atoms with Gasteiger partial charge < -0.3 is 5.11 Å². The Morgan fingerprint density at radius 2 is 1.52 bits per heavy atom. The smallest absolute Gasteiger partial charge is 0.0543 e. The van der Waals surface area contributed by atoms with Gasteiger partial charge in [0.1, 0.15) is 0 Å². The van der Waals surface area contributed by atoms with Gasteiger partial charge in [-0.2, -0.15) is 0 Å². The number of rotatable bonds is 0. The second-order valence-corrected chi connectivity index (χ2v) is 9.61. The number of hydrogen-bond acceptors (Lipinski definition) is 1. The van der Waals surface area contributed by atoms with Crippen molar-refractivity contribution in [3.05, 3.63) is 0 Å². The fourth-order valence-corrected chi connectivity index (χ4v) is 7.50. The van der Waals surface area contributed by atoms with Crippen LogP contribution in [0.4, 0.5) is 0 Å². The largest absolute Gasteiger partial charge is 0.393 e. The van der Waals surface area contributed by atoms with Crippen molar-refractivity contribution in [3.63, 3.8) is 0 Å². The number of aliphatic hydroxyl groups excluding tert-OH is 1. The van der Waals surface area contributed by atoms with E-state index < -0.39 is 0 Å². The summed E-state index contributed by atoms with van der Waals surface area (Å²) < 4.78 is 0. The first-order chi connectivity index (χ1) is 9.95. The molecule has 1 nitrogen and oxygen atoms in total. The van der Waals surface area contributed by atoms with Gasteiger partial charge in [0.2, 0.25) is 0 Å². The van der Waals surface area contributed by atoms with Gasteiger partial charge in [-0.1, -0.05) is 20.8 Å². The van der Waals surface area contributed by atoms with Crippen LogP contribution in [0.25, 0.3) is 0 Å². The lowest BCUT2D eigenvalue weighted by Crippen LogP contribution is -2.53. The fourth-order valence-electron chi connectivity index (χ4n) is 7.50. The van der Waals surface area contributed by atoms with Crippen LogP contribution in [-0.2, 0) is 0 Å². The van der Waals surface area contributed by atoms with Crippen LogP contribution in [0.15, 0.2) is 0 Å². The maximum absolute atomic E-state index is 10.1. The Morgan fingerprint density at radius 3 is 2.33 bits per heavy atom. The lowest BCUT2D eigenvalue weighted by molar-refractivity contribution is -0.125. The van der Waals surface area contributed by atoms with Crippen molar-refractivity contribution in [2.45, 2.75) is 84.7 Å². The topological polar surface area (TPSA) is 20.2 Å². The van der Waals surface area contributed by atoms with Crippen molar-refractivity contribution in [1.82, 2.24) is 0 Å². The molecule has 120 valence electrons. The molecule has 0 aromatic carbocycles. The third-order valence-corrected chi connectivity index (χ3v) is 9.11. The van der Waals surface area contributed by atoms with Gasteiger partial charge in [-0.3, -0.25) is 0 Å². The second kappa shape index (κ2) is 4.73. The molecule has 4 aliphatic rings. The summed E-state index contributed by atoms with van der Waals surface area (Å²) >= 11 is 0. The van der Waals surface area contributed by atoms with E-state index in [1.54, 1.807) is 0 Å². The van der Waals surface area contributed by atoms with Crippen molar-refractivity contribution in [2.24, 2.45) is 40.4 Å². The molecule has 0 spiro atoms. The Hall–Kier alpha value is -0.0400. The predicted molar refractivity (Wildman–Crippen MR) is 86.9 cm³/mol. The summed E-state index contributed by atoms with van der Waals surface area (Å²) in [6.45, 7) is 7.73. The van der Waals surface area contributed by atoms with Gasteiger partial charge in [0.15, 0.2) is 0 Å². The highest BCUT2D eigenvalue weighted by molar-refractivity contribution is 5.08. The number of hydrogen-bond donors (Lipinski definition) is 1. The predicted octanol–water partition coefficient (Wildman–Crippen LogP) is 5.03. The van der Waals surface area contributed by atoms with Crippen molar-refractivity contribution >= 4 is 0 Å². The van der Waals surface area contributed by atoms with E-state index in [1.807, 2.05) is 0 Å². The average molecular weight is 290 g/mol. The molecule has 0 bridgehead atoms. The van der Waals surface area contributed by atoms with E-state index in [2.05, 4.69) is 20.8 Å². The monoisotopic (exact) mass is 290 g/mol. The third kappa shape index (κ3) is 1.92. The molecule has 0 aromatic heterocycles. The van der Waals surface area contributed by atoms with Gasteiger partial charge in [0.05, 0.1) is 6.10 Å². The fraction of sp³-hybridized carbons (Fsp3) is 1.00. The number of fused-ring (bicyclic) bond motifs is 5. The van der Waals surface area contributed by atoms with Crippen molar-refractivity contribution in [3.8, 4) is 0 Å². The Labute approximate surface area is 130 Å². The van der Waals surface area contributed by atoms with Crippen molar-refractivity contribution < 1.29 is 5.11 Å². The normalized spacial score (nSPS) is 60.0. The van der Waals surface area contributed by atoms with Crippen LogP contribution in [0.1, 0.15) is 78.6 Å². The molecular weight excluding hydrogens is 256 g/mol. The third-order valence-electron chi connectivity index (χ3n) is 9.11. The number of aliphatic hydroxyl groups is 1. The molecule has 0 aromatic rings. The van der Waals surface area contributed by atoms with E-state index in [-0.39, 0.29) is 6.10 Å². The molecule has 1 heteroatoms. The minimum atomic E-state index is -0.0000147. The second-order valence-electron chi connectivity index (χ2n) is 9.61. The molecule has 4 aliphatic carbocycles. The van der Waals surface area contributed by atoms with Gasteiger partial charge in [-0.05, 0) is 98.2 Å². The maximum atomic E-state index is 10.1. The van der Waals surface area contributed by atoms with E-state index in [0.717, 1.165) is 42.4 Å². The molecule has 5 unspecified atom stereocenters. The maximum Gasteiger partial charge on any atom is 0.0543 e. The SMILES string of the molecule is CC1CCC2C3CC[C@H]4CC(O)CC[C@]4(C)C3CC[C@]12C. The molecule has 0 saturated heterocycles. The Balaban J connectivity index is 1.62. The summed E-state index contributed by atoms with van der Waals surface area (Å²) in [4.78, 5) is 0. The van der Waals surface area contributed by atoms with Crippen LogP contribution in [0.5, 0.6) is 0 Å². The summed E-state index contributed by atoms with van der Waals surface area (Å²) in [5, 5.41) is 10.1. The first-order valence-electron chi connectivity index (χ1n) is 9.63. The lowest BCUT2D eigenvalue weighted by atomic mass is 9.45. The molecule has 0 amide bonds. The lowest BCUT2D eigenvalue weighted by Gasteiger charge is -2.60. The quantitative estimate of drug-likeness (QED) is 0.663. The molecular formula is C20H34O. The molecule has 4 saturated carbocycles. The zero-order valence-electron chi connectivity index (χ0n) is 14.3. The Kier molecular flexibility index (Phi) is 3.27. The molecule has 4 fully saturated rings. The van der Waals surface area contributed by atoms with E-state index in [0.29, 0.717) is 10.8 Å². The standard InChI is InChI=1S/C20H34O/c1-13-4-7-17-16-6-5-14-12-15(21)8-10-20(14,3)18(16)9-11-19(13,17)2/h13-18,21H,4-12H2,1-3H3/t13?,14-,15?,16?,17?,18?,19+,20-/m0/s1. The van der Waals surface area contributed by atoms with Crippen LogP contribution in [0.2, 0.25) is 0 Å². The zero-order valence-corrected chi connectivity index (χ0v) is 14.3. The van der Waals surface area contributed by atoms with Crippen molar-refractivity contribution in [2.75, 3.05) is 0 Å². The summed E-state index contributed by atoms with van der Waals surface area (Å²) in [5.41, 5.74) is 1.20. The molecule has 21 heavy (non-hydrogen) atoms. The van der Waals surface area contributed by atoms with E-state index in [4.69, 9.17) is 0 Å². The van der Waals surface area contributed by atoms with Crippen LogP contribution < -0.4 is 0 Å². The molecule has 1 N–H and O–H groups in total. The summed E-state index contributed by atoms with van der Waals surface area (Å²) in [6.07, 6.45) is 12.2. The highest BCUT2D eigenvalue weighted by Crippen LogP contribution is 2.67. The molecule has 0 heterocycles. The van der Waals surface area contributed by atoms with E-state index in [9.17, 15) is 5.11 Å². The summed E-state index contributed by atoms with van der Waals surface area (Å²) in [6, 6.07) is 0. The first-order valence-corrected chi connectivity index (χ1v) is 9.63. The highest BCUT2D eigenvalue weighted by Gasteiger charge is 2.59. The van der Waals surface area contributed by atoms with Crippen LogP contribution >= 0.6 is 0 Å². The summed E-state index contributed by atoms with van der Waals surface area (Å²) in [7, 11) is 0. The van der Waals surface area contributed by atoms with E-state index in [1.165, 1.54) is 44.9 Å². The minimum absolute atomic E-state index is 0.0000147. The molecule has 4 rings (SSSR count). The molecule has 8 atom stereocenters. The van der Waals surface area contributed by atoms with Gasteiger partial charge in [0.25, 0.3) is 0 Å². The van der Waals surface area contributed by atoms with Crippen LogP contribution in [0.3, 0.4) is 0 Å². The van der Waals surface area contributed by atoms with Gasteiger partial charge >= 0.3 is 0 Å². The average Bonchev–Trinajstić information content (AvgIpc) is 2.76. The zero-order chi connectivity index (χ0) is 14.8. The first kappa shape index (κ1) is 14.5. The Bertz CT molecular complexity index is 418. The molecule has 0 radical (unpaired) electrons. The Morgan fingerprint density at radius 1 is 0.810 bits per heavy atom. The highest BCUT2D eigenvalue weighted by atomic mass is 16.3. The molecule has 0 aliphatic heterocycles. The summed E-state index contributed by atoms with van der Waals surface area (Å²) in [5.74, 6) is 4.74. The van der Waals surface area contributed by atoms with Gasteiger partial charge in [-0.25, -0.2) is 0 Å². The van der Waals surface area contributed by atoms with Gasteiger partial charge in [0, 0.05) is 0 Å². The van der Waals surface area contributed by atoms with E-state index >= 15 is 0 Å². The van der Waals surface area contributed by atoms with Crippen LogP contribution in [0, 0.1) is 40.4 Å². The van der Waals surface area contributed by atoms with Crippen molar-refractivity contribution in [1.29, 1.82) is 0 Å². The van der Waals surface area contributed by atoms with Crippen LogP contribution in [-0.4, -0.2) is 11.2 Å².